The molecule has 0 saturated heterocycles. The van der Waals surface area contributed by atoms with E-state index in [9.17, 15) is 8.42 Å². The lowest BCUT2D eigenvalue weighted by Gasteiger charge is -2.18. The number of nitrogens with zero attached hydrogens (tertiary/aromatic N) is 3. The van der Waals surface area contributed by atoms with E-state index in [1.165, 1.54) is 3.97 Å². The third-order valence-corrected chi connectivity index (χ3v) is 6.98. The maximum absolute atomic E-state index is 13.3. The summed E-state index contributed by atoms with van der Waals surface area (Å²) in [7, 11) is 3.95. The van der Waals surface area contributed by atoms with Crippen LogP contribution < -0.4 is 4.74 Å². The van der Waals surface area contributed by atoms with Crippen molar-refractivity contribution in [3.8, 4) is 5.75 Å². The normalized spacial score (nSPS) is 12.2. The van der Waals surface area contributed by atoms with Crippen LogP contribution in [0.1, 0.15) is 5.56 Å². The minimum absolute atomic E-state index is 0.227. The van der Waals surface area contributed by atoms with Gasteiger partial charge in [0.25, 0.3) is 10.0 Å². The van der Waals surface area contributed by atoms with Crippen molar-refractivity contribution in [1.29, 1.82) is 0 Å². The fourth-order valence-electron chi connectivity index (χ4n) is 3.16. The Morgan fingerprint density at radius 1 is 1.03 bits per heavy atom. The highest BCUT2D eigenvalue weighted by Gasteiger charge is 2.22. The number of ether oxygens (including phenoxy) is 1. The maximum atomic E-state index is 13.3. The summed E-state index contributed by atoms with van der Waals surface area (Å²) in [6.45, 7) is 2.48. The smallest absolute Gasteiger partial charge is 0.268 e. The first-order valence-electron chi connectivity index (χ1n) is 9.25. The van der Waals surface area contributed by atoms with E-state index in [1.807, 2.05) is 39.3 Å². The summed E-state index contributed by atoms with van der Waals surface area (Å²) in [4.78, 5) is 4.55. The van der Waals surface area contributed by atoms with Crippen molar-refractivity contribution in [3.63, 3.8) is 0 Å². The Hall–Kier alpha value is -1.87. The molecule has 0 aliphatic carbocycles. The predicted octanol–water partition coefficient (Wildman–Crippen LogP) is 3.64. The maximum Gasteiger partial charge on any atom is 0.268 e. The highest BCUT2D eigenvalue weighted by molar-refractivity contribution is 9.10. The lowest BCUT2D eigenvalue weighted by atomic mass is 10.1. The van der Waals surface area contributed by atoms with Crippen LogP contribution in [0.3, 0.4) is 0 Å². The lowest BCUT2D eigenvalue weighted by molar-refractivity contribution is 0.277. The van der Waals surface area contributed by atoms with Gasteiger partial charge in [0, 0.05) is 35.7 Å². The van der Waals surface area contributed by atoms with Gasteiger partial charge < -0.3 is 14.5 Å². The van der Waals surface area contributed by atoms with Crippen LogP contribution in [0.2, 0.25) is 0 Å². The first kappa shape index (κ1) is 21.8. The third-order valence-electron chi connectivity index (χ3n) is 4.80. The number of benzene rings is 2. The Morgan fingerprint density at radius 2 is 1.72 bits per heavy atom. The van der Waals surface area contributed by atoms with Gasteiger partial charge in [0.15, 0.2) is 0 Å². The molecule has 156 valence electrons. The van der Waals surface area contributed by atoms with Crippen molar-refractivity contribution in [3.05, 3.63) is 58.7 Å². The zero-order chi connectivity index (χ0) is 21.2. The van der Waals surface area contributed by atoms with E-state index in [1.54, 1.807) is 37.6 Å². The van der Waals surface area contributed by atoms with Crippen molar-refractivity contribution in [2.45, 2.75) is 11.4 Å². The standard InChI is InChI=1S/C21H26BrN3O3S/c1-23(2)11-12-24(3)14-16-15-25(21-10-5-17(22)13-20(16)21)29(26,27)19-8-6-18(28-4)7-9-19/h5-10,13,15H,11-12,14H2,1-4H3. The second kappa shape index (κ2) is 8.87. The molecule has 0 bridgehead atoms. The zero-order valence-corrected chi connectivity index (χ0v) is 19.5. The largest absolute Gasteiger partial charge is 0.497 e. The van der Waals surface area contributed by atoms with Crippen LogP contribution in [0.25, 0.3) is 10.9 Å². The average Bonchev–Trinajstić information content (AvgIpc) is 3.04. The summed E-state index contributed by atoms with van der Waals surface area (Å²) in [5, 5.41) is 0.924. The molecule has 0 aliphatic heterocycles. The monoisotopic (exact) mass is 479 g/mol. The average molecular weight is 480 g/mol. The molecule has 0 aliphatic rings. The van der Waals surface area contributed by atoms with Crippen LogP contribution in [0.5, 0.6) is 5.75 Å². The highest BCUT2D eigenvalue weighted by atomic mass is 79.9. The summed E-state index contributed by atoms with van der Waals surface area (Å²) in [5.74, 6) is 0.619. The van der Waals surface area contributed by atoms with Gasteiger partial charge in [-0.15, -0.1) is 0 Å². The van der Waals surface area contributed by atoms with Gasteiger partial charge in [-0.3, -0.25) is 0 Å². The molecule has 29 heavy (non-hydrogen) atoms. The summed E-state index contributed by atoms with van der Waals surface area (Å²) in [6.07, 6.45) is 1.74. The molecule has 3 aromatic rings. The van der Waals surface area contributed by atoms with Gasteiger partial charge in [-0.2, -0.15) is 0 Å². The number of likely N-dealkylation sites (N-methyl/N-ethyl adjacent to an activating group) is 2. The molecule has 1 aromatic heterocycles. The fourth-order valence-corrected chi connectivity index (χ4v) is 4.92. The van der Waals surface area contributed by atoms with Crippen molar-refractivity contribution in [2.24, 2.45) is 0 Å². The number of aromatic nitrogens is 1. The summed E-state index contributed by atoms with van der Waals surface area (Å²) in [5.41, 5.74) is 1.64. The molecule has 0 amide bonds. The van der Waals surface area contributed by atoms with Crippen LogP contribution in [0.15, 0.2) is 58.0 Å². The number of hydrogen-bond donors (Lipinski definition) is 0. The van der Waals surface area contributed by atoms with Crippen LogP contribution in [-0.4, -0.2) is 63.5 Å². The second-order valence-electron chi connectivity index (χ2n) is 7.33. The molecule has 8 heteroatoms. The first-order chi connectivity index (χ1) is 13.7. The van der Waals surface area contributed by atoms with Crippen molar-refractivity contribution in [2.75, 3.05) is 41.3 Å². The predicted molar refractivity (Wildman–Crippen MR) is 120 cm³/mol. The van der Waals surface area contributed by atoms with Crippen LogP contribution >= 0.6 is 15.9 Å². The van der Waals surface area contributed by atoms with E-state index in [4.69, 9.17) is 4.74 Å². The van der Waals surface area contributed by atoms with E-state index in [0.717, 1.165) is 28.5 Å². The molecule has 0 saturated carbocycles. The fraction of sp³-hybridized carbons (Fsp3) is 0.333. The molecule has 0 N–H and O–H groups in total. The Bertz CT molecular complexity index is 1090. The van der Waals surface area contributed by atoms with Gasteiger partial charge in [0.05, 0.1) is 17.5 Å². The van der Waals surface area contributed by atoms with Gasteiger partial charge in [-0.1, -0.05) is 15.9 Å². The summed E-state index contributed by atoms with van der Waals surface area (Å²) >= 11 is 3.51. The number of methoxy groups -OCH3 is 1. The Kier molecular flexibility index (Phi) is 6.68. The summed E-state index contributed by atoms with van der Waals surface area (Å²) in [6, 6.07) is 12.1. The molecule has 0 atom stereocenters. The van der Waals surface area contributed by atoms with Gasteiger partial charge >= 0.3 is 0 Å². The van der Waals surface area contributed by atoms with Gasteiger partial charge in [-0.05, 0) is 69.2 Å². The molecule has 2 aromatic carbocycles. The zero-order valence-electron chi connectivity index (χ0n) is 17.1. The molecule has 3 rings (SSSR count). The minimum atomic E-state index is -3.73. The highest BCUT2D eigenvalue weighted by Crippen LogP contribution is 2.29. The molecular formula is C21H26BrN3O3S. The van der Waals surface area contributed by atoms with Gasteiger partial charge in [0.2, 0.25) is 0 Å². The SMILES string of the molecule is COc1ccc(S(=O)(=O)n2cc(CN(C)CCN(C)C)c3cc(Br)ccc32)cc1. The van der Waals surface area contributed by atoms with E-state index < -0.39 is 10.0 Å². The first-order valence-corrected chi connectivity index (χ1v) is 11.5. The molecule has 1 heterocycles. The topological polar surface area (TPSA) is 54.8 Å². The van der Waals surface area contributed by atoms with Crippen LogP contribution in [0, 0.1) is 0 Å². The van der Waals surface area contributed by atoms with E-state index in [0.29, 0.717) is 17.8 Å². The number of rotatable bonds is 8. The molecule has 0 radical (unpaired) electrons. The number of hydrogen-bond acceptors (Lipinski definition) is 5. The number of fused-ring (bicyclic) bond motifs is 1. The number of halogens is 1. The third kappa shape index (κ3) is 4.83. The second-order valence-corrected chi connectivity index (χ2v) is 10.1. The van der Waals surface area contributed by atoms with Crippen LogP contribution in [-0.2, 0) is 16.6 Å². The minimum Gasteiger partial charge on any atom is -0.497 e. The summed E-state index contributed by atoms with van der Waals surface area (Å²) < 4.78 is 34.1. The lowest BCUT2D eigenvalue weighted by Crippen LogP contribution is -2.28. The van der Waals surface area contributed by atoms with Crippen molar-refractivity contribution >= 4 is 36.9 Å². The van der Waals surface area contributed by atoms with Gasteiger partial charge in [0.1, 0.15) is 5.75 Å². The van der Waals surface area contributed by atoms with Crippen molar-refractivity contribution < 1.29 is 13.2 Å². The Morgan fingerprint density at radius 3 is 2.34 bits per heavy atom. The van der Waals surface area contributed by atoms with Crippen LogP contribution in [0.4, 0.5) is 0 Å². The Balaban J connectivity index is 2.03. The molecule has 0 spiro atoms. The molecule has 0 unspecified atom stereocenters. The van der Waals surface area contributed by atoms with E-state index >= 15 is 0 Å². The molecular weight excluding hydrogens is 454 g/mol. The van der Waals surface area contributed by atoms with Crippen molar-refractivity contribution in [1.82, 2.24) is 13.8 Å². The molecule has 0 fully saturated rings. The van der Waals surface area contributed by atoms with E-state index in [-0.39, 0.29) is 4.90 Å². The van der Waals surface area contributed by atoms with Gasteiger partial charge in [-0.25, -0.2) is 12.4 Å². The van der Waals surface area contributed by atoms with E-state index in [2.05, 4.69) is 25.7 Å². The Labute approximate surface area is 180 Å². The molecule has 6 nitrogen and oxygen atoms in total. The quantitative estimate of drug-likeness (QED) is 0.493.